The fraction of sp³-hybridized carbons (Fsp3) is 1.00. The SMILES string of the molecule is CCSCC1(N)CC(O)C1. The van der Waals surface area contributed by atoms with E-state index in [0.717, 1.165) is 24.3 Å². The summed E-state index contributed by atoms with van der Waals surface area (Å²) in [6, 6.07) is 0. The third kappa shape index (κ3) is 1.87. The highest BCUT2D eigenvalue weighted by Crippen LogP contribution is 2.32. The molecule has 0 bridgehead atoms. The summed E-state index contributed by atoms with van der Waals surface area (Å²) in [7, 11) is 0. The van der Waals surface area contributed by atoms with Crippen molar-refractivity contribution >= 4 is 11.8 Å². The molecule has 0 heterocycles. The molecular weight excluding hydrogens is 146 g/mol. The molecule has 60 valence electrons. The van der Waals surface area contributed by atoms with Crippen LogP contribution in [-0.2, 0) is 0 Å². The van der Waals surface area contributed by atoms with E-state index in [1.165, 1.54) is 0 Å². The molecular formula is C7H15NOS. The van der Waals surface area contributed by atoms with Gasteiger partial charge in [0.1, 0.15) is 0 Å². The third-order valence-corrected chi connectivity index (χ3v) is 3.07. The normalized spacial score (nSPS) is 39.3. The fourth-order valence-electron chi connectivity index (χ4n) is 1.30. The van der Waals surface area contributed by atoms with Crippen LogP contribution in [0.5, 0.6) is 0 Å². The van der Waals surface area contributed by atoms with Crippen LogP contribution in [0.15, 0.2) is 0 Å². The first-order valence-electron chi connectivity index (χ1n) is 3.71. The Morgan fingerprint density at radius 1 is 1.70 bits per heavy atom. The van der Waals surface area contributed by atoms with Crippen LogP contribution >= 0.6 is 11.8 Å². The van der Waals surface area contributed by atoms with Crippen molar-refractivity contribution in [3.05, 3.63) is 0 Å². The van der Waals surface area contributed by atoms with Crippen LogP contribution in [0, 0.1) is 0 Å². The Labute approximate surface area is 66.2 Å². The lowest BCUT2D eigenvalue weighted by molar-refractivity contribution is 0.0346. The highest BCUT2D eigenvalue weighted by Gasteiger charge is 2.39. The molecule has 1 saturated carbocycles. The fourth-order valence-corrected chi connectivity index (χ4v) is 2.15. The molecule has 10 heavy (non-hydrogen) atoms. The zero-order valence-corrected chi connectivity index (χ0v) is 7.16. The van der Waals surface area contributed by atoms with E-state index >= 15 is 0 Å². The monoisotopic (exact) mass is 161 g/mol. The first-order chi connectivity index (χ1) is 4.66. The zero-order chi connectivity index (χ0) is 7.61. The van der Waals surface area contributed by atoms with Gasteiger partial charge in [-0.25, -0.2) is 0 Å². The van der Waals surface area contributed by atoms with Gasteiger partial charge in [0.2, 0.25) is 0 Å². The van der Waals surface area contributed by atoms with Gasteiger partial charge >= 0.3 is 0 Å². The quantitative estimate of drug-likeness (QED) is 0.637. The molecule has 1 fully saturated rings. The molecule has 1 rings (SSSR count). The highest BCUT2D eigenvalue weighted by atomic mass is 32.2. The predicted molar refractivity (Wildman–Crippen MR) is 45.2 cm³/mol. The number of aliphatic hydroxyl groups excluding tert-OH is 1. The maximum absolute atomic E-state index is 8.99. The average molecular weight is 161 g/mol. The van der Waals surface area contributed by atoms with Gasteiger partial charge in [0.05, 0.1) is 6.10 Å². The lowest BCUT2D eigenvalue weighted by Gasteiger charge is -2.42. The first kappa shape index (κ1) is 8.37. The second-order valence-corrected chi connectivity index (χ2v) is 4.34. The molecule has 0 aromatic rings. The minimum absolute atomic E-state index is 0.0416. The summed E-state index contributed by atoms with van der Waals surface area (Å²) in [6.07, 6.45) is 1.46. The van der Waals surface area contributed by atoms with Crippen LogP contribution in [0.4, 0.5) is 0 Å². The van der Waals surface area contributed by atoms with E-state index in [1.54, 1.807) is 0 Å². The lowest BCUT2D eigenvalue weighted by Crippen LogP contribution is -2.56. The van der Waals surface area contributed by atoms with Crippen molar-refractivity contribution in [2.75, 3.05) is 11.5 Å². The number of rotatable bonds is 3. The van der Waals surface area contributed by atoms with Gasteiger partial charge in [-0.1, -0.05) is 6.92 Å². The Morgan fingerprint density at radius 2 is 2.30 bits per heavy atom. The van der Waals surface area contributed by atoms with Gasteiger partial charge in [-0.15, -0.1) is 0 Å². The van der Waals surface area contributed by atoms with Crippen LogP contribution in [0.3, 0.4) is 0 Å². The summed E-state index contributed by atoms with van der Waals surface area (Å²) in [5.74, 6) is 2.12. The number of nitrogens with two attached hydrogens (primary N) is 1. The van der Waals surface area contributed by atoms with Crippen molar-refractivity contribution in [3.8, 4) is 0 Å². The van der Waals surface area contributed by atoms with E-state index in [-0.39, 0.29) is 11.6 Å². The topological polar surface area (TPSA) is 46.2 Å². The Kier molecular flexibility index (Phi) is 2.61. The van der Waals surface area contributed by atoms with E-state index in [0.29, 0.717) is 0 Å². The molecule has 0 saturated heterocycles. The molecule has 2 nitrogen and oxygen atoms in total. The van der Waals surface area contributed by atoms with Gasteiger partial charge in [0, 0.05) is 11.3 Å². The maximum Gasteiger partial charge on any atom is 0.0575 e. The minimum Gasteiger partial charge on any atom is -0.393 e. The Hall–Kier alpha value is 0.270. The molecule has 0 aromatic heterocycles. The van der Waals surface area contributed by atoms with E-state index in [9.17, 15) is 0 Å². The molecule has 0 amide bonds. The van der Waals surface area contributed by atoms with E-state index in [4.69, 9.17) is 10.8 Å². The van der Waals surface area contributed by atoms with Gasteiger partial charge in [-0.3, -0.25) is 0 Å². The molecule has 3 N–H and O–H groups in total. The molecule has 3 heteroatoms. The average Bonchev–Trinajstić information content (AvgIpc) is 1.81. The smallest absolute Gasteiger partial charge is 0.0575 e. The minimum atomic E-state index is -0.123. The first-order valence-corrected chi connectivity index (χ1v) is 4.86. The summed E-state index contributed by atoms with van der Waals surface area (Å²) in [6.45, 7) is 2.13. The summed E-state index contributed by atoms with van der Waals surface area (Å²) < 4.78 is 0. The van der Waals surface area contributed by atoms with Crippen molar-refractivity contribution in [3.63, 3.8) is 0 Å². The molecule has 0 unspecified atom stereocenters. The number of thioether (sulfide) groups is 1. The Bertz CT molecular complexity index is 112. The molecule has 1 aliphatic rings. The predicted octanol–water partition coefficient (Wildman–Crippen LogP) is 0.592. The second kappa shape index (κ2) is 3.11. The number of aliphatic hydroxyl groups is 1. The van der Waals surface area contributed by atoms with Crippen LogP contribution in [0.2, 0.25) is 0 Å². The van der Waals surface area contributed by atoms with Crippen molar-refractivity contribution in [2.24, 2.45) is 5.73 Å². The Morgan fingerprint density at radius 3 is 2.70 bits per heavy atom. The summed E-state index contributed by atoms with van der Waals surface area (Å²) in [5, 5.41) is 8.99. The van der Waals surface area contributed by atoms with Crippen LogP contribution in [0.25, 0.3) is 0 Å². The van der Waals surface area contributed by atoms with E-state index in [2.05, 4.69) is 6.92 Å². The van der Waals surface area contributed by atoms with Gasteiger partial charge in [-0.2, -0.15) is 11.8 Å². The third-order valence-electron chi connectivity index (χ3n) is 1.88. The highest BCUT2D eigenvalue weighted by molar-refractivity contribution is 7.99. The van der Waals surface area contributed by atoms with Crippen LogP contribution < -0.4 is 5.73 Å². The van der Waals surface area contributed by atoms with Crippen molar-refractivity contribution in [2.45, 2.75) is 31.4 Å². The van der Waals surface area contributed by atoms with E-state index < -0.39 is 0 Å². The molecule has 0 atom stereocenters. The Balaban J connectivity index is 2.15. The van der Waals surface area contributed by atoms with Gasteiger partial charge in [0.25, 0.3) is 0 Å². The lowest BCUT2D eigenvalue weighted by atomic mass is 9.77. The van der Waals surface area contributed by atoms with Crippen molar-refractivity contribution < 1.29 is 5.11 Å². The molecule has 0 aromatic carbocycles. The summed E-state index contributed by atoms with van der Waals surface area (Å²) >= 11 is 1.86. The zero-order valence-electron chi connectivity index (χ0n) is 6.34. The molecule has 0 spiro atoms. The van der Waals surface area contributed by atoms with Gasteiger partial charge in [-0.05, 0) is 18.6 Å². The standard InChI is InChI=1S/C7H15NOS/c1-2-10-5-7(8)3-6(9)4-7/h6,9H,2-5,8H2,1H3. The second-order valence-electron chi connectivity index (χ2n) is 3.06. The maximum atomic E-state index is 8.99. The van der Waals surface area contributed by atoms with E-state index in [1.807, 2.05) is 11.8 Å². The van der Waals surface area contributed by atoms with Crippen LogP contribution in [-0.4, -0.2) is 28.3 Å². The van der Waals surface area contributed by atoms with Gasteiger partial charge < -0.3 is 10.8 Å². The summed E-state index contributed by atoms with van der Waals surface area (Å²) in [4.78, 5) is 0. The van der Waals surface area contributed by atoms with Crippen molar-refractivity contribution in [1.82, 2.24) is 0 Å². The molecule has 1 aliphatic carbocycles. The van der Waals surface area contributed by atoms with Crippen molar-refractivity contribution in [1.29, 1.82) is 0 Å². The molecule has 0 radical (unpaired) electrons. The number of hydrogen-bond acceptors (Lipinski definition) is 3. The summed E-state index contributed by atoms with van der Waals surface area (Å²) in [5.41, 5.74) is 5.86. The van der Waals surface area contributed by atoms with Gasteiger partial charge in [0.15, 0.2) is 0 Å². The largest absolute Gasteiger partial charge is 0.393 e. The number of hydrogen-bond donors (Lipinski definition) is 2. The van der Waals surface area contributed by atoms with Crippen LogP contribution in [0.1, 0.15) is 19.8 Å². The molecule has 0 aliphatic heterocycles.